The summed E-state index contributed by atoms with van der Waals surface area (Å²) in [4.78, 5) is 33.6. The van der Waals surface area contributed by atoms with Gasteiger partial charge in [0.05, 0.1) is 12.1 Å². The maximum absolute atomic E-state index is 12.8. The van der Waals surface area contributed by atoms with E-state index in [2.05, 4.69) is 36.7 Å². The highest BCUT2D eigenvalue weighted by Crippen LogP contribution is 2.24. The van der Waals surface area contributed by atoms with Crippen molar-refractivity contribution in [2.75, 3.05) is 7.05 Å². The van der Waals surface area contributed by atoms with Gasteiger partial charge < -0.3 is 9.88 Å². The summed E-state index contributed by atoms with van der Waals surface area (Å²) >= 11 is 4.79. The summed E-state index contributed by atoms with van der Waals surface area (Å²) in [6.45, 7) is 0.251. The Morgan fingerprint density at radius 3 is 2.85 bits per heavy atom. The van der Waals surface area contributed by atoms with Crippen molar-refractivity contribution >= 4 is 43.4 Å². The molecular formula is C18H18BrN5O2S. The van der Waals surface area contributed by atoms with E-state index >= 15 is 0 Å². The lowest BCUT2D eigenvalue weighted by molar-refractivity contribution is -0.132. The zero-order valence-electron chi connectivity index (χ0n) is 14.5. The van der Waals surface area contributed by atoms with Crippen LogP contribution in [0.15, 0.2) is 45.0 Å². The fraction of sp³-hybridized carbons (Fsp3) is 0.278. The number of aromatic nitrogens is 2. The van der Waals surface area contributed by atoms with Crippen molar-refractivity contribution in [3.8, 4) is 0 Å². The standard InChI is InChI=1S/C18H18BrN5O2S/c1-24(9-15-20-12-6-7-27-16(12)17(25)21-15)18(26)14-8-13(22-23-14)10-2-4-11(19)5-3-10/h2-7,13-14,22-23H,8-9H2,1H3,(H,20,21,25). The van der Waals surface area contributed by atoms with Gasteiger partial charge in [-0.3, -0.25) is 9.59 Å². The second-order valence-electron chi connectivity index (χ2n) is 6.52. The number of fused-ring (bicyclic) bond motifs is 1. The molecule has 9 heteroatoms. The molecule has 140 valence electrons. The first-order valence-corrected chi connectivity index (χ1v) is 10.2. The molecular weight excluding hydrogens is 430 g/mol. The lowest BCUT2D eigenvalue weighted by atomic mass is 10.0. The van der Waals surface area contributed by atoms with Gasteiger partial charge in [0.25, 0.3) is 5.56 Å². The Bertz CT molecular complexity index is 1030. The topological polar surface area (TPSA) is 90.1 Å². The number of nitrogens with one attached hydrogen (secondary N) is 3. The van der Waals surface area contributed by atoms with E-state index < -0.39 is 0 Å². The van der Waals surface area contributed by atoms with Crippen LogP contribution in [0.1, 0.15) is 23.9 Å². The van der Waals surface area contributed by atoms with Crippen LogP contribution in [-0.4, -0.2) is 33.9 Å². The number of hydrogen-bond acceptors (Lipinski definition) is 6. The molecule has 0 radical (unpaired) electrons. The SMILES string of the molecule is CN(Cc1nc2ccsc2c(=O)[nH]1)C(=O)C1CC(c2ccc(Br)cc2)NN1. The fourth-order valence-electron chi connectivity index (χ4n) is 3.20. The van der Waals surface area contributed by atoms with E-state index in [-0.39, 0.29) is 30.1 Å². The molecule has 1 fully saturated rings. The van der Waals surface area contributed by atoms with Crippen molar-refractivity contribution in [1.82, 2.24) is 25.7 Å². The third-order valence-electron chi connectivity index (χ3n) is 4.60. The number of benzene rings is 1. The van der Waals surface area contributed by atoms with E-state index in [0.29, 0.717) is 22.5 Å². The third kappa shape index (κ3) is 3.81. The van der Waals surface area contributed by atoms with Gasteiger partial charge in [0.2, 0.25) is 5.91 Å². The zero-order chi connectivity index (χ0) is 19.0. The van der Waals surface area contributed by atoms with E-state index in [1.54, 1.807) is 11.9 Å². The van der Waals surface area contributed by atoms with E-state index in [9.17, 15) is 9.59 Å². The predicted molar refractivity (Wildman–Crippen MR) is 108 cm³/mol. The van der Waals surface area contributed by atoms with Crippen molar-refractivity contribution in [3.05, 3.63) is 61.9 Å². The van der Waals surface area contributed by atoms with Crippen molar-refractivity contribution in [1.29, 1.82) is 0 Å². The van der Waals surface area contributed by atoms with Crippen molar-refractivity contribution in [2.24, 2.45) is 0 Å². The van der Waals surface area contributed by atoms with Gasteiger partial charge in [0, 0.05) is 17.6 Å². The average molecular weight is 448 g/mol. The molecule has 2 aromatic heterocycles. The summed E-state index contributed by atoms with van der Waals surface area (Å²) < 4.78 is 1.63. The minimum absolute atomic E-state index is 0.0461. The molecule has 1 amide bonds. The molecule has 3 aromatic rings. The number of aromatic amines is 1. The second-order valence-corrected chi connectivity index (χ2v) is 8.35. The summed E-state index contributed by atoms with van der Waals surface area (Å²) in [6, 6.07) is 9.59. The van der Waals surface area contributed by atoms with Gasteiger partial charge in [-0.2, -0.15) is 0 Å². The third-order valence-corrected chi connectivity index (χ3v) is 6.03. The molecule has 7 nitrogen and oxygen atoms in total. The molecule has 4 rings (SSSR count). The lowest BCUT2D eigenvalue weighted by Crippen LogP contribution is -2.44. The largest absolute Gasteiger partial charge is 0.337 e. The number of H-pyrrole nitrogens is 1. The zero-order valence-corrected chi connectivity index (χ0v) is 16.9. The first kappa shape index (κ1) is 18.3. The summed E-state index contributed by atoms with van der Waals surface area (Å²) in [5, 5.41) is 1.84. The maximum atomic E-state index is 12.8. The van der Waals surface area contributed by atoms with Crippen LogP contribution >= 0.6 is 27.3 Å². The number of halogens is 1. The number of hydrogen-bond donors (Lipinski definition) is 3. The van der Waals surface area contributed by atoms with Gasteiger partial charge >= 0.3 is 0 Å². The summed E-state index contributed by atoms with van der Waals surface area (Å²) in [7, 11) is 1.72. The molecule has 27 heavy (non-hydrogen) atoms. The number of thiophene rings is 1. The van der Waals surface area contributed by atoms with E-state index in [0.717, 1.165) is 10.0 Å². The Balaban J connectivity index is 1.43. The maximum Gasteiger partial charge on any atom is 0.268 e. The van der Waals surface area contributed by atoms with Crippen LogP contribution in [0.25, 0.3) is 10.2 Å². The van der Waals surface area contributed by atoms with E-state index in [1.807, 2.05) is 35.7 Å². The number of nitrogens with zero attached hydrogens (tertiary/aromatic N) is 2. The van der Waals surface area contributed by atoms with Gasteiger partial charge in [0.1, 0.15) is 16.6 Å². The molecule has 0 spiro atoms. The molecule has 1 aliphatic heterocycles. The van der Waals surface area contributed by atoms with Crippen molar-refractivity contribution < 1.29 is 4.79 Å². The van der Waals surface area contributed by atoms with Crippen LogP contribution in [0, 0.1) is 0 Å². The number of carbonyl (C=O) groups is 1. The molecule has 0 saturated carbocycles. The van der Waals surface area contributed by atoms with E-state index in [4.69, 9.17) is 0 Å². The molecule has 1 aromatic carbocycles. The quantitative estimate of drug-likeness (QED) is 0.570. The fourth-order valence-corrected chi connectivity index (χ4v) is 4.19. The first-order valence-electron chi connectivity index (χ1n) is 8.49. The summed E-state index contributed by atoms with van der Waals surface area (Å²) in [6.07, 6.45) is 0.651. The molecule has 2 unspecified atom stereocenters. The van der Waals surface area contributed by atoms with Crippen LogP contribution in [0.2, 0.25) is 0 Å². The predicted octanol–water partition coefficient (Wildman–Crippen LogP) is 2.31. The average Bonchev–Trinajstić information content (AvgIpc) is 3.31. The van der Waals surface area contributed by atoms with Crippen LogP contribution in [-0.2, 0) is 11.3 Å². The number of rotatable bonds is 4. The van der Waals surface area contributed by atoms with E-state index in [1.165, 1.54) is 11.3 Å². The number of hydrazine groups is 1. The van der Waals surface area contributed by atoms with Gasteiger partial charge in [-0.05, 0) is 35.6 Å². The highest BCUT2D eigenvalue weighted by Gasteiger charge is 2.32. The minimum atomic E-state index is -0.333. The van der Waals surface area contributed by atoms with Gasteiger partial charge in [-0.25, -0.2) is 15.8 Å². The highest BCUT2D eigenvalue weighted by molar-refractivity contribution is 9.10. The smallest absolute Gasteiger partial charge is 0.268 e. The number of likely N-dealkylation sites (N-methyl/N-ethyl adjacent to an activating group) is 1. The number of amides is 1. The summed E-state index contributed by atoms with van der Waals surface area (Å²) in [5.74, 6) is 0.437. The van der Waals surface area contributed by atoms with Crippen molar-refractivity contribution in [2.45, 2.75) is 25.0 Å². The Hall–Kier alpha value is -2.07. The number of carbonyl (C=O) groups excluding carboxylic acids is 1. The van der Waals surface area contributed by atoms with Crippen LogP contribution in [0.5, 0.6) is 0 Å². The molecule has 3 heterocycles. The first-order chi connectivity index (χ1) is 13.0. The Morgan fingerprint density at radius 1 is 1.30 bits per heavy atom. The van der Waals surface area contributed by atoms with Crippen molar-refractivity contribution in [3.63, 3.8) is 0 Å². The van der Waals surface area contributed by atoms with Crippen LogP contribution in [0.3, 0.4) is 0 Å². The normalized spacial score (nSPS) is 19.5. The monoisotopic (exact) mass is 447 g/mol. The summed E-state index contributed by atoms with van der Waals surface area (Å²) in [5.41, 5.74) is 7.89. The molecule has 2 atom stereocenters. The van der Waals surface area contributed by atoms with Gasteiger partial charge in [-0.1, -0.05) is 28.1 Å². The minimum Gasteiger partial charge on any atom is -0.337 e. The second kappa shape index (κ2) is 7.51. The van der Waals surface area contributed by atoms with Gasteiger partial charge in [0.15, 0.2) is 0 Å². The molecule has 0 aliphatic carbocycles. The Morgan fingerprint density at radius 2 is 2.07 bits per heavy atom. The van der Waals surface area contributed by atoms with Crippen LogP contribution in [0.4, 0.5) is 0 Å². The highest BCUT2D eigenvalue weighted by atomic mass is 79.9. The van der Waals surface area contributed by atoms with Crippen LogP contribution < -0.4 is 16.4 Å². The molecule has 0 bridgehead atoms. The molecule has 3 N–H and O–H groups in total. The molecule has 1 saturated heterocycles. The Kier molecular flexibility index (Phi) is 5.09. The Labute approximate surface area is 167 Å². The lowest BCUT2D eigenvalue weighted by Gasteiger charge is -2.20. The van der Waals surface area contributed by atoms with Gasteiger partial charge in [-0.15, -0.1) is 11.3 Å². The molecule has 1 aliphatic rings.